The van der Waals surface area contributed by atoms with Crippen LogP contribution in [0.15, 0.2) is 36.4 Å². The molecule has 0 saturated heterocycles. The van der Waals surface area contributed by atoms with Gasteiger partial charge < -0.3 is 10.2 Å². The molecule has 0 spiro atoms. The van der Waals surface area contributed by atoms with E-state index >= 15 is 0 Å². The summed E-state index contributed by atoms with van der Waals surface area (Å²) < 4.78 is 13.8. The fraction of sp³-hybridized carbons (Fsp3) is 0.316. The van der Waals surface area contributed by atoms with Gasteiger partial charge in [-0.3, -0.25) is 4.79 Å². The van der Waals surface area contributed by atoms with Gasteiger partial charge in [0.2, 0.25) is 5.91 Å². The lowest BCUT2D eigenvalue weighted by molar-refractivity contribution is -0.115. The van der Waals surface area contributed by atoms with E-state index in [0.29, 0.717) is 0 Å². The molecule has 1 aliphatic rings. The number of nitrogens with one attached hydrogen (secondary N) is 1. The van der Waals surface area contributed by atoms with Crippen molar-refractivity contribution in [2.75, 3.05) is 23.3 Å². The Morgan fingerprint density at radius 1 is 1.17 bits per heavy atom. The van der Waals surface area contributed by atoms with Crippen molar-refractivity contribution in [2.45, 2.75) is 26.7 Å². The van der Waals surface area contributed by atoms with Crippen LogP contribution < -0.4 is 10.2 Å². The Balaban J connectivity index is 1.72. The predicted octanol–water partition coefficient (Wildman–Crippen LogP) is 3.83. The number of benzene rings is 2. The van der Waals surface area contributed by atoms with Gasteiger partial charge in [0.15, 0.2) is 0 Å². The second-order valence-electron chi connectivity index (χ2n) is 6.19. The third kappa shape index (κ3) is 3.52. The zero-order valence-corrected chi connectivity index (χ0v) is 13.5. The SMILES string of the molecule is Cc1ccc(NC(=O)CN2CCCc3cc(C)ccc32)c(F)c1. The van der Waals surface area contributed by atoms with Gasteiger partial charge >= 0.3 is 0 Å². The third-order valence-corrected chi connectivity index (χ3v) is 4.18. The van der Waals surface area contributed by atoms with E-state index in [2.05, 4.69) is 35.3 Å². The number of hydrogen-bond donors (Lipinski definition) is 1. The predicted molar refractivity (Wildman–Crippen MR) is 91.5 cm³/mol. The van der Waals surface area contributed by atoms with Crippen LogP contribution in [-0.4, -0.2) is 19.0 Å². The zero-order valence-electron chi connectivity index (χ0n) is 13.5. The van der Waals surface area contributed by atoms with Gasteiger partial charge in [0.25, 0.3) is 0 Å². The van der Waals surface area contributed by atoms with Gasteiger partial charge in [-0.2, -0.15) is 0 Å². The highest BCUT2D eigenvalue weighted by Gasteiger charge is 2.19. The maximum Gasteiger partial charge on any atom is 0.243 e. The van der Waals surface area contributed by atoms with Gasteiger partial charge in [-0.25, -0.2) is 4.39 Å². The molecule has 1 amide bonds. The van der Waals surface area contributed by atoms with Crippen LogP contribution in [-0.2, 0) is 11.2 Å². The number of rotatable bonds is 3. The lowest BCUT2D eigenvalue weighted by atomic mass is 9.99. The van der Waals surface area contributed by atoms with Crippen LogP contribution in [0.3, 0.4) is 0 Å². The number of nitrogens with zero attached hydrogens (tertiary/aromatic N) is 1. The molecule has 0 bridgehead atoms. The number of hydrogen-bond acceptors (Lipinski definition) is 2. The van der Waals surface area contributed by atoms with Crippen molar-refractivity contribution in [2.24, 2.45) is 0 Å². The standard InChI is InChI=1S/C19H21FN2O/c1-13-6-8-18-15(10-13)4-3-9-22(18)12-19(23)21-17-7-5-14(2)11-16(17)20/h5-8,10-11H,3-4,9,12H2,1-2H3,(H,21,23). The van der Waals surface area contributed by atoms with Gasteiger partial charge in [0.1, 0.15) is 5.82 Å². The van der Waals surface area contributed by atoms with Crippen LogP contribution in [0, 0.1) is 19.7 Å². The minimum Gasteiger partial charge on any atom is -0.362 e. The molecule has 4 heteroatoms. The van der Waals surface area contributed by atoms with Crippen molar-refractivity contribution in [1.82, 2.24) is 0 Å². The molecular formula is C19H21FN2O. The number of amides is 1. The molecule has 1 N–H and O–H groups in total. The quantitative estimate of drug-likeness (QED) is 0.934. The van der Waals surface area contributed by atoms with E-state index in [1.54, 1.807) is 12.1 Å². The number of aryl methyl sites for hydroxylation is 3. The summed E-state index contributed by atoms with van der Waals surface area (Å²) in [6, 6.07) is 11.1. The number of anilines is 2. The van der Waals surface area contributed by atoms with Gasteiger partial charge in [0, 0.05) is 12.2 Å². The third-order valence-electron chi connectivity index (χ3n) is 4.18. The Morgan fingerprint density at radius 2 is 1.91 bits per heavy atom. The summed E-state index contributed by atoms with van der Waals surface area (Å²) >= 11 is 0. The molecule has 0 aliphatic carbocycles. The van der Waals surface area contributed by atoms with Crippen LogP contribution in [0.1, 0.15) is 23.1 Å². The molecule has 23 heavy (non-hydrogen) atoms. The Bertz CT molecular complexity index is 742. The van der Waals surface area contributed by atoms with Crippen molar-refractivity contribution in [1.29, 1.82) is 0 Å². The van der Waals surface area contributed by atoms with Gasteiger partial charge in [-0.15, -0.1) is 0 Å². The van der Waals surface area contributed by atoms with Crippen molar-refractivity contribution in [3.05, 3.63) is 58.9 Å². The first-order chi connectivity index (χ1) is 11.0. The van der Waals surface area contributed by atoms with E-state index in [4.69, 9.17) is 0 Å². The average molecular weight is 312 g/mol. The molecule has 3 rings (SSSR count). The molecule has 0 fully saturated rings. The van der Waals surface area contributed by atoms with Crippen molar-refractivity contribution in [3.8, 4) is 0 Å². The second kappa shape index (κ2) is 6.41. The fourth-order valence-electron chi connectivity index (χ4n) is 3.05. The largest absolute Gasteiger partial charge is 0.362 e. The summed E-state index contributed by atoms with van der Waals surface area (Å²) in [6.07, 6.45) is 2.07. The molecular weight excluding hydrogens is 291 g/mol. The summed E-state index contributed by atoms with van der Waals surface area (Å²) in [6.45, 7) is 4.98. The minimum atomic E-state index is -0.395. The van der Waals surface area contributed by atoms with Crippen LogP contribution in [0.5, 0.6) is 0 Å². The van der Waals surface area contributed by atoms with E-state index in [9.17, 15) is 9.18 Å². The maximum atomic E-state index is 13.8. The second-order valence-corrected chi connectivity index (χ2v) is 6.19. The van der Waals surface area contributed by atoms with Crippen LogP contribution in [0.2, 0.25) is 0 Å². The molecule has 2 aromatic rings. The van der Waals surface area contributed by atoms with Gasteiger partial charge in [0.05, 0.1) is 12.2 Å². The molecule has 2 aromatic carbocycles. The molecule has 0 aromatic heterocycles. The van der Waals surface area contributed by atoms with Crippen molar-refractivity contribution < 1.29 is 9.18 Å². The van der Waals surface area contributed by atoms with Crippen LogP contribution in [0.25, 0.3) is 0 Å². The first kappa shape index (κ1) is 15.5. The van der Waals surface area contributed by atoms with E-state index in [1.165, 1.54) is 17.2 Å². The molecule has 0 radical (unpaired) electrons. The van der Waals surface area contributed by atoms with E-state index in [0.717, 1.165) is 30.6 Å². The monoisotopic (exact) mass is 312 g/mol. The smallest absolute Gasteiger partial charge is 0.243 e. The molecule has 120 valence electrons. The molecule has 0 atom stereocenters. The molecule has 1 aliphatic heterocycles. The number of carbonyl (C=O) groups excluding carboxylic acids is 1. The molecule has 0 saturated carbocycles. The van der Waals surface area contributed by atoms with Gasteiger partial charge in [-0.05, 0) is 56.0 Å². The van der Waals surface area contributed by atoms with Crippen LogP contribution in [0.4, 0.5) is 15.8 Å². The number of carbonyl (C=O) groups is 1. The summed E-state index contributed by atoms with van der Waals surface area (Å²) in [5, 5.41) is 2.67. The van der Waals surface area contributed by atoms with E-state index in [-0.39, 0.29) is 18.1 Å². The Hall–Kier alpha value is -2.36. The Labute approximate surface area is 136 Å². The van der Waals surface area contributed by atoms with Crippen molar-refractivity contribution in [3.63, 3.8) is 0 Å². The van der Waals surface area contributed by atoms with Crippen LogP contribution >= 0.6 is 0 Å². The summed E-state index contributed by atoms with van der Waals surface area (Å²) in [4.78, 5) is 14.3. The summed E-state index contributed by atoms with van der Waals surface area (Å²) in [5.74, 6) is -0.589. The minimum absolute atomic E-state index is 0.193. The lowest BCUT2D eigenvalue weighted by Gasteiger charge is -2.31. The average Bonchev–Trinajstić information content (AvgIpc) is 2.50. The summed E-state index contributed by atoms with van der Waals surface area (Å²) in [7, 11) is 0. The van der Waals surface area contributed by atoms with Crippen molar-refractivity contribution >= 4 is 17.3 Å². The Morgan fingerprint density at radius 3 is 2.70 bits per heavy atom. The highest BCUT2D eigenvalue weighted by Crippen LogP contribution is 2.27. The van der Waals surface area contributed by atoms with Gasteiger partial charge in [-0.1, -0.05) is 23.8 Å². The molecule has 0 unspecified atom stereocenters. The summed E-state index contributed by atoms with van der Waals surface area (Å²) in [5.41, 5.74) is 4.70. The lowest BCUT2D eigenvalue weighted by Crippen LogP contribution is -2.36. The highest BCUT2D eigenvalue weighted by molar-refractivity contribution is 5.94. The number of fused-ring (bicyclic) bond motifs is 1. The maximum absolute atomic E-state index is 13.8. The van der Waals surface area contributed by atoms with E-state index in [1.807, 2.05) is 6.92 Å². The zero-order chi connectivity index (χ0) is 16.4. The normalized spacial score (nSPS) is 13.6. The number of halogens is 1. The fourth-order valence-corrected chi connectivity index (χ4v) is 3.05. The Kier molecular flexibility index (Phi) is 4.33. The molecule has 3 nitrogen and oxygen atoms in total. The molecule has 1 heterocycles. The first-order valence-electron chi connectivity index (χ1n) is 7.93. The first-order valence-corrected chi connectivity index (χ1v) is 7.93. The topological polar surface area (TPSA) is 32.3 Å². The highest BCUT2D eigenvalue weighted by atomic mass is 19.1. The van der Waals surface area contributed by atoms with E-state index < -0.39 is 5.82 Å².